The van der Waals surface area contributed by atoms with E-state index < -0.39 is 17.9 Å². The van der Waals surface area contributed by atoms with Crippen LogP contribution in [0.4, 0.5) is 8.78 Å². The summed E-state index contributed by atoms with van der Waals surface area (Å²) in [5.74, 6) is -5.04. The molecule has 8 nitrogen and oxygen atoms in total. The molecule has 1 unspecified atom stereocenters. The second kappa shape index (κ2) is 10.8. The summed E-state index contributed by atoms with van der Waals surface area (Å²) in [5.41, 5.74) is 1.43. The van der Waals surface area contributed by atoms with E-state index in [9.17, 15) is 23.2 Å². The minimum absolute atomic E-state index is 0.0829. The van der Waals surface area contributed by atoms with Gasteiger partial charge in [-0.05, 0) is 56.5 Å². The number of fused-ring (bicyclic) bond motifs is 1. The molecule has 2 aliphatic heterocycles. The Kier molecular flexibility index (Phi) is 7.73. The van der Waals surface area contributed by atoms with Gasteiger partial charge >= 0.3 is 5.92 Å². The first-order valence-corrected chi connectivity index (χ1v) is 12.3. The Hall–Kier alpha value is -3.27. The number of alkyl halides is 2. The van der Waals surface area contributed by atoms with Gasteiger partial charge in [-0.3, -0.25) is 14.4 Å². The van der Waals surface area contributed by atoms with Crippen molar-refractivity contribution in [1.82, 2.24) is 20.9 Å². The van der Waals surface area contributed by atoms with Gasteiger partial charge in [0.1, 0.15) is 12.6 Å². The van der Waals surface area contributed by atoms with Crippen LogP contribution in [-0.2, 0) is 27.4 Å². The summed E-state index contributed by atoms with van der Waals surface area (Å²) in [6.07, 6.45) is 4.88. The number of nitrogens with zero attached hydrogens (tertiary/aromatic N) is 1. The highest BCUT2D eigenvalue weighted by Crippen LogP contribution is 2.32. The monoisotopic (exact) mass is 502 g/mol. The second-order valence-electron chi connectivity index (χ2n) is 9.45. The van der Waals surface area contributed by atoms with Gasteiger partial charge in [-0.1, -0.05) is 18.2 Å². The number of likely N-dealkylation sites (N-methyl/N-ethyl adjacent to an activating group) is 1. The molecule has 2 heterocycles. The van der Waals surface area contributed by atoms with Gasteiger partial charge in [0.15, 0.2) is 0 Å². The van der Waals surface area contributed by atoms with Crippen molar-refractivity contribution in [2.75, 3.05) is 20.2 Å². The van der Waals surface area contributed by atoms with E-state index in [1.807, 2.05) is 6.92 Å². The van der Waals surface area contributed by atoms with Gasteiger partial charge in [-0.15, -0.1) is 0 Å². The van der Waals surface area contributed by atoms with Crippen molar-refractivity contribution in [3.63, 3.8) is 0 Å². The molecule has 0 bridgehead atoms. The summed E-state index contributed by atoms with van der Waals surface area (Å²) in [7, 11) is 1.77. The summed E-state index contributed by atoms with van der Waals surface area (Å²) in [4.78, 5) is 39.2. The number of carbonyl (C=O) groups excluding carboxylic acids is 3. The van der Waals surface area contributed by atoms with Gasteiger partial charge in [0, 0.05) is 43.2 Å². The highest BCUT2D eigenvalue weighted by Gasteiger charge is 2.43. The maximum atomic E-state index is 14.9. The number of carbonyl (C=O) groups is 3. The van der Waals surface area contributed by atoms with E-state index in [1.165, 1.54) is 12.2 Å². The van der Waals surface area contributed by atoms with Crippen molar-refractivity contribution < 1.29 is 27.9 Å². The van der Waals surface area contributed by atoms with Crippen LogP contribution in [0.25, 0.3) is 0 Å². The average Bonchev–Trinajstić information content (AvgIpc) is 3.18. The molecule has 1 fully saturated rings. The predicted octanol–water partition coefficient (Wildman–Crippen LogP) is 2.40. The van der Waals surface area contributed by atoms with Crippen molar-refractivity contribution in [3.8, 4) is 0 Å². The van der Waals surface area contributed by atoms with Crippen LogP contribution >= 0.6 is 0 Å². The van der Waals surface area contributed by atoms with Crippen LogP contribution in [0, 0.1) is 0 Å². The fourth-order valence-corrected chi connectivity index (χ4v) is 4.72. The molecular weight excluding hydrogens is 470 g/mol. The first-order chi connectivity index (χ1) is 17.2. The molecular formula is C26H32F2N4O4. The van der Waals surface area contributed by atoms with E-state index in [2.05, 4.69) is 16.0 Å². The van der Waals surface area contributed by atoms with Crippen LogP contribution in [0.1, 0.15) is 54.1 Å². The van der Waals surface area contributed by atoms with Crippen LogP contribution in [0.3, 0.4) is 0 Å². The third-order valence-corrected chi connectivity index (χ3v) is 6.75. The normalized spacial score (nSPS) is 21.9. The predicted molar refractivity (Wildman–Crippen MR) is 129 cm³/mol. The Morgan fingerprint density at radius 3 is 2.83 bits per heavy atom. The lowest BCUT2D eigenvalue weighted by atomic mass is 9.99. The van der Waals surface area contributed by atoms with E-state index in [1.54, 1.807) is 30.1 Å². The zero-order valence-corrected chi connectivity index (χ0v) is 20.5. The number of hydrogen-bond acceptors (Lipinski definition) is 5. The molecule has 0 saturated carbocycles. The zero-order chi connectivity index (χ0) is 25.9. The Labute approximate surface area is 209 Å². The standard InChI is InChI=1S/C26H32F2N4O4/c1-16-6-9-22(23(33)31-16)32-15-18-12-17(7-8-21(18)24(32)34)14-30-25(35)26(27,28)19-4-3-5-20(13-19)36-11-10-29-2/h4,7-8,12-13,16,22,29H,3,5-6,9-11,14-15H2,1-2H3,(H,30,35)(H,31,33)/t16?,22-/m1/s1. The van der Waals surface area contributed by atoms with Crippen LogP contribution < -0.4 is 16.0 Å². The highest BCUT2D eigenvalue weighted by atomic mass is 19.3. The smallest absolute Gasteiger partial charge is 0.349 e. The summed E-state index contributed by atoms with van der Waals surface area (Å²) in [6, 6.07) is 4.55. The molecule has 3 aliphatic rings. The molecule has 4 rings (SSSR count). The van der Waals surface area contributed by atoms with Crippen molar-refractivity contribution in [2.45, 2.75) is 63.7 Å². The van der Waals surface area contributed by atoms with Crippen LogP contribution in [0.5, 0.6) is 0 Å². The SMILES string of the molecule is CNCCOC1=CC(C(F)(F)C(=O)NCc2ccc3c(c2)CN([C@@H]2CCC(C)NC2=O)C3=O)=CCC1. The molecule has 3 N–H and O–H groups in total. The molecule has 0 radical (unpaired) electrons. The molecule has 0 spiro atoms. The number of allylic oxidation sites excluding steroid dienone is 3. The van der Waals surface area contributed by atoms with Crippen LogP contribution in [-0.4, -0.2) is 60.8 Å². The molecule has 1 aromatic carbocycles. The number of amides is 3. The maximum Gasteiger partial charge on any atom is 0.349 e. The van der Waals surface area contributed by atoms with Crippen molar-refractivity contribution >= 4 is 17.7 Å². The van der Waals surface area contributed by atoms with E-state index in [4.69, 9.17) is 4.74 Å². The fraction of sp³-hybridized carbons (Fsp3) is 0.500. The van der Waals surface area contributed by atoms with E-state index in [0.29, 0.717) is 54.9 Å². The Bertz CT molecular complexity index is 1100. The summed E-state index contributed by atoms with van der Waals surface area (Å²) in [5, 5.41) is 8.12. The van der Waals surface area contributed by atoms with E-state index >= 15 is 0 Å². The second-order valence-corrected chi connectivity index (χ2v) is 9.45. The summed E-state index contributed by atoms with van der Waals surface area (Å²) in [6.45, 7) is 3.03. The Morgan fingerprint density at radius 2 is 2.08 bits per heavy atom. The molecule has 10 heteroatoms. The summed E-state index contributed by atoms with van der Waals surface area (Å²) >= 11 is 0. The largest absolute Gasteiger partial charge is 0.497 e. The van der Waals surface area contributed by atoms with Crippen LogP contribution in [0.2, 0.25) is 0 Å². The molecule has 0 aromatic heterocycles. The average molecular weight is 503 g/mol. The van der Waals surface area contributed by atoms with E-state index in [-0.39, 0.29) is 36.5 Å². The van der Waals surface area contributed by atoms with Crippen molar-refractivity contribution in [3.05, 3.63) is 58.4 Å². The molecule has 2 atom stereocenters. The van der Waals surface area contributed by atoms with E-state index in [0.717, 1.165) is 6.42 Å². The number of halogens is 2. The fourth-order valence-electron chi connectivity index (χ4n) is 4.72. The molecule has 1 aliphatic carbocycles. The molecule has 1 aromatic rings. The van der Waals surface area contributed by atoms with Gasteiger partial charge in [0.2, 0.25) is 5.91 Å². The van der Waals surface area contributed by atoms with Crippen molar-refractivity contribution in [1.29, 1.82) is 0 Å². The lowest BCUT2D eigenvalue weighted by Gasteiger charge is -2.33. The Balaban J connectivity index is 1.37. The number of nitrogens with one attached hydrogen (secondary N) is 3. The van der Waals surface area contributed by atoms with Crippen molar-refractivity contribution in [2.24, 2.45) is 0 Å². The van der Waals surface area contributed by atoms with Gasteiger partial charge in [0.25, 0.3) is 11.8 Å². The quantitative estimate of drug-likeness (QED) is 0.451. The minimum Gasteiger partial charge on any atom is -0.497 e. The van der Waals surface area contributed by atoms with Gasteiger partial charge in [-0.25, -0.2) is 0 Å². The lowest BCUT2D eigenvalue weighted by Crippen LogP contribution is -2.53. The molecule has 1 saturated heterocycles. The maximum absolute atomic E-state index is 14.9. The molecule has 3 amide bonds. The van der Waals surface area contributed by atoms with Gasteiger partial charge in [-0.2, -0.15) is 8.78 Å². The molecule has 194 valence electrons. The number of benzene rings is 1. The third kappa shape index (κ3) is 5.43. The number of ether oxygens (including phenoxy) is 1. The minimum atomic E-state index is -3.70. The molecule has 36 heavy (non-hydrogen) atoms. The Morgan fingerprint density at radius 1 is 1.28 bits per heavy atom. The first kappa shape index (κ1) is 25.8. The van der Waals surface area contributed by atoms with Gasteiger partial charge < -0.3 is 25.6 Å². The summed E-state index contributed by atoms with van der Waals surface area (Å²) < 4.78 is 35.3. The first-order valence-electron chi connectivity index (χ1n) is 12.3. The third-order valence-electron chi connectivity index (χ3n) is 6.75. The number of hydrogen-bond donors (Lipinski definition) is 3. The number of piperidine rings is 1. The topological polar surface area (TPSA) is 99.8 Å². The lowest BCUT2D eigenvalue weighted by molar-refractivity contribution is -0.140. The zero-order valence-electron chi connectivity index (χ0n) is 20.5. The van der Waals surface area contributed by atoms with Gasteiger partial charge in [0.05, 0.1) is 5.76 Å². The number of rotatable bonds is 9. The van der Waals surface area contributed by atoms with Crippen LogP contribution in [0.15, 0.2) is 41.7 Å². The highest BCUT2D eigenvalue weighted by molar-refractivity contribution is 6.01.